The molecule has 4 rings (SSSR count). The first-order valence-corrected chi connectivity index (χ1v) is 14.1. The summed E-state index contributed by atoms with van der Waals surface area (Å²) in [5.41, 5.74) is 3.22. The summed E-state index contributed by atoms with van der Waals surface area (Å²) in [6.07, 6.45) is 3.70. The molecular weight excluding hydrogens is 494 g/mol. The molecule has 190 valence electrons. The number of halogens is 1. The molecule has 1 fully saturated rings. The van der Waals surface area contributed by atoms with Crippen molar-refractivity contribution in [1.82, 2.24) is 5.32 Å². The number of nitrogens with zero attached hydrogens (tertiary/aromatic N) is 2. The summed E-state index contributed by atoms with van der Waals surface area (Å²) in [6.45, 7) is 5.47. The van der Waals surface area contributed by atoms with Gasteiger partial charge in [-0.3, -0.25) is 9.10 Å². The van der Waals surface area contributed by atoms with Crippen LogP contribution in [0.15, 0.2) is 77.7 Å². The van der Waals surface area contributed by atoms with Crippen LogP contribution in [0.1, 0.15) is 43.4 Å². The van der Waals surface area contributed by atoms with Gasteiger partial charge in [-0.25, -0.2) is 8.42 Å². The monoisotopic (exact) mass is 525 g/mol. The molecule has 1 amide bonds. The number of aryl methyl sites for hydroxylation is 1. The fourth-order valence-corrected chi connectivity index (χ4v) is 6.16. The van der Waals surface area contributed by atoms with Crippen LogP contribution in [0, 0.1) is 6.92 Å². The van der Waals surface area contributed by atoms with Crippen LogP contribution in [-0.2, 0) is 14.8 Å². The van der Waals surface area contributed by atoms with E-state index in [-0.39, 0.29) is 17.5 Å². The molecule has 0 spiro atoms. The molecule has 1 aliphatic heterocycles. The Balaban J connectivity index is 1.53. The molecule has 8 heteroatoms. The number of amides is 1. The molecule has 0 radical (unpaired) electrons. The second kappa shape index (κ2) is 11.4. The fraction of sp³-hybridized carbons (Fsp3) is 0.321. The van der Waals surface area contributed by atoms with Crippen molar-refractivity contribution < 1.29 is 13.2 Å². The molecular formula is C28H32ClN3O3S. The fourth-order valence-electron chi connectivity index (χ4n) is 4.50. The molecule has 1 unspecified atom stereocenters. The quantitative estimate of drug-likeness (QED) is 0.409. The van der Waals surface area contributed by atoms with Crippen molar-refractivity contribution in [3.63, 3.8) is 0 Å². The SMILES string of the molecule is Cc1ccc(Cl)cc1N(CC(=O)NC(C)c1ccc(N2CCCCC2)cc1)S(=O)(=O)c1ccccc1. The van der Waals surface area contributed by atoms with Crippen LogP contribution in [0.3, 0.4) is 0 Å². The molecule has 0 aromatic heterocycles. The second-order valence-corrected chi connectivity index (χ2v) is 11.5. The van der Waals surface area contributed by atoms with Crippen molar-refractivity contribution in [2.75, 3.05) is 28.8 Å². The van der Waals surface area contributed by atoms with E-state index in [0.717, 1.165) is 23.0 Å². The Morgan fingerprint density at radius 2 is 1.67 bits per heavy atom. The summed E-state index contributed by atoms with van der Waals surface area (Å²) >= 11 is 6.20. The van der Waals surface area contributed by atoms with Gasteiger partial charge in [0.15, 0.2) is 0 Å². The largest absolute Gasteiger partial charge is 0.372 e. The number of carbonyl (C=O) groups excluding carboxylic acids is 1. The van der Waals surface area contributed by atoms with E-state index in [2.05, 4.69) is 22.3 Å². The zero-order chi connectivity index (χ0) is 25.7. The number of nitrogens with one attached hydrogen (secondary N) is 1. The highest BCUT2D eigenvalue weighted by molar-refractivity contribution is 7.92. The third kappa shape index (κ3) is 6.02. The summed E-state index contributed by atoms with van der Waals surface area (Å²) in [7, 11) is -4.00. The number of hydrogen-bond acceptors (Lipinski definition) is 4. The van der Waals surface area contributed by atoms with Crippen molar-refractivity contribution >= 4 is 38.9 Å². The van der Waals surface area contributed by atoms with Gasteiger partial charge in [0.05, 0.1) is 16.6 Å². The lowest BCUT2D eigenvalue weighted by molar-refractivity contribution is -0.120. The van der Waals surface area contributed by atoms with Crippen molar-refractivity contribution in [1.29, 1.82) is 0 Å². The Bertz CT molecular complexity index is 1290. The molecule has 1 heterocycles. The lowest BCUT2D eigenvalue weighted by Crippen LogP contribution is -2.42. The van der Waals surface area contributed by atoms with E-state index in [1.165, 1.54) is 37.1 Å². The van der Waals surface area contributed by atoms with E-state index < -0.39 is 15.9 Å². The molecule has 1 atom stereocenters. The van der Waals surface area contributed by atoms with E-state index in [4.69, 9.17) is 11.6 Å². The molecule has 0 saturated carbocycles. The minimum Gasteiger partial charge on any atom is -0.372 e. The smallest absolute Gasteiger partial charge is 0.264 e. The van der Waals surface area contributed by atoms with E-state index in [9.17, 15) is 13.2 Å². The summed E-state index contributed by atoms with van der Waals surface area (Å²) in [5, 5.41) is 3.36. The van der Waals surface area contributed by atoms with E-state index in [0.29, 0.717) is 16.3 Å². The predicted molar refractivity (Wildman–Crippen MR) is 146 cm³/mol. The molecule has 1 aliphatic rings. The Kier molecular flexibility index (Phi) is 8.21. The van der Waals surface area contributed by atoms with E-state index in [1.54, 1.807) is 43.3 Å². The van der Waals surface area contributed by atoms with Gasteiger partial charge < -0.3 is 10.2 Å². The number of benzene rings is 3. The summed E-state index contributed by atoms with van der Waals surface area (Å²) in [4.78, 5) is 15.6. The Hall–Kier alpha value is -3.03. The first-order chi connectivity index (χ1) is 17.3. The van der Waals surface area contributed by atoms with Gasteiger partial charge in [-0.2, -0.15) is 0 Å². The maximum Gasteiger partial charge on any atom is 0.264 e. The Morgan fingerprint density at radius 3 is 2.33 bits per heavy atom. The number of anilines is 2. The standard InChI is InChI=1S/C28H32ClN3O3S/c1-21-11-14-24(29)19-27(21)32(36(34,35)26-9-5-3-6-10-26)20-28(33)30-22(2)23-12-15-25(16-13-23)31-17-7-4-8-18-31/h3,5-6,9-16,19,22H,4,7-8,17-18,20H2,1-2H3,(H,30,33). The van der Waals surface area contributed by atoms with Crippen molar-refractivity contribution in [2.24, 2.45) is 0 Å². The highest BCUT2D eigenvalue weighted by atomic mass is 35.5. The van der Waals surface area contributed by atoms with Gasteiger partial charge in [0.25, 0.3) is 10.0 Å². The first kappa shape index (κ1) is 26.0. The van der Waals surface area contributed by atoms with Gasteiger partial charge in [0.2, 0.25) is 5.91 Å². The van der Waals surface area contributed by atoms with E-state index >= 15 is 0 Å². The number of piperidine rings is 1. The topological polar surface area (TPSA) is 69.7 Å². The zero-order valence-corrected chi connectivity index (χ0v) is 22.2. The van der Waals surface area contributed by atoms with Gasteiger partial charge >= 0.3 is 0 Å². The summed E-state index contributed by atoms with van der Waals surface area (Å²) in [6, 6.07) is 21.1. The van der Waals surface area contributed by atoms with Gasteiger partial charge in [0, 0.05) is 23.8 Å². The highest BCUT2D eigenvalue weighted by Crippen LogP contribution is 2.29. The van der Waals surface area contributed by atoms with Crippen LogP contribution in [0.4, 0.5) is 11.4 Å². The van der Waals surface area contributed by atoms with Crippen LogP contribution < -0.4 is 14.5 Å². The average Bonchev–Trinajstić information content (AvgIpc) is 2.90. The van der Waals surface area contributed by atoms with Gasteiger partial charge in [0.1, 0.15) is 6.54 Å². The summed E-state index contributed by atoms with van der Waals surface area (Å²) in [5.74, 6) is -0.401. The van der Waals surface area contributed by atoms with Crippen molar-refractivity contribution in [3.8, 4) is 0 Å². The van der Waals surface area contributed by atoms with Crippen LogP contribution in [0.5, 0.6) is 0 Å². The number of sulfonamides is 1. The van der Waals surface area contributed by atoms with Crippen LogP contribution in [0.2, 0.25) is 5.02 Å². The molecule has 3 aromatic carbocycles. The van der Waals surface area contributed by atoms with Crippen molar-refractivity contribution in [3.05, 3.63) is 88.9 Å². The summed E-state index contributed by atoms with van der Waals surface area (Å²) < 4.78 is 28.3. The third-order valence-corrected chi connectivity index (χ3v) is 8.56. The second-order valence-electron chi connectivity index (χ2n) is 9.18. The zero-order valence-electron chi connectivity index (χ0n) is 20.7. The highest BCUT2D eigenvalue weighted by Gasteiger charge is 2.29. The third-order valence-electron chi connectivity index (χ3n) is 6.55. The predicted octanol–water partition coefficient (Wildman–Crippen LogP) is 5.71. The van der Waals surface area contributed by atoms with Crippen LogP contribution in [0.25, 0.3) is 0 Å². The Morgan fingerprint density at radius 1 is 1.00 bits per heavy atom. The van der Waals surface area contributed by atoms with Gasteiger partial charge in [-0.15, -0.1) is 0 Å². The first-order valence-electron chi connectivity index (χ1n) is 12.2. The van der Waals surface area contributed by atoms with Crippen LogP contribution in [-0.4, -0.2) is 34.0 Å². The molecule has 1 N–H and O–H groups in total. The maximum atomic E-state index is 13.6. The molecule has 6 nitrogen and oxygen atoms in total. The lowest BCUT2D eigenvalue weighted by Gasteiger charge is -2.29. The van der Waals surface area contributed by atoms with Crippen molar-refractivity contribution in [2.45, 2.75) is 44.0 Å². The minimum absolute atomic E-state index is 0.110. The molecule has 0 aliphatic carbocycles. The normalized spacial score (nSPS) is 14.8. The maximum absolute atomic E-state index is 13.6. The van der Waals surface area contributed by atoms with E-state index in [1.807, 2.05) is 19.1 Å². The number of hydrogen-bond donors (Lipinski definition) is 1. The Labute approximate surface area is 218 Å². The van der Waals surface area contributed by atoms with Gasteiger partial charge in [-0.1, -0.05) is 48.0 Å². The molecule has 36 heavy (non-hydrogen) atoms. The minimum atomic E-state index is -4.00. The number of carbonyl (C=O) groups is 1. The lowest BCUT2D eigenvalue weighted by atomic mass is 10.1. The molecule has 3 aromatic rings. The number of rotatable bonds is 8. The van der Waals surface area contributed by atoms with Crippen LogP contribution >= 0.6 is 11.6 Å². The van der Waals surface area contributed by atoms with Gasteiger partial charge in [-0.05, 0) is 80.6 Å². The molecule has 1 saturated heterocycles. The average molecular weight is 526 g/mol. The molecule has 0 bridgehead atoms.